The molecule has 0 spiro atoms. The lowest BCUT2D eigenvalue weighted by atomic mass is 10.2. The van der Waals surface area contributed by atoms with Crippen molar-refractivity contribution in [2.45, 2.75) is 13.8 Å². The molecule has 1 N–H and O–H groups in total. The van der Waals surface area contributed by atoms with Gasteiger partial charge in [-0.25, -0.2) is 4.98 Å². The van der Waals surface area contributed by atoms with Crippen LogP contribution in [0.15, 0.2) is 42.9 Å². The fourth-order valence-electron chi connectivity index (χ4n) is 2.36. The normalized spacial score (nSPS) is 11.2. The van der Waals surface area contributed by atoms with Crippen LogP contribution >= 0.6 is 22.4 Å². The Hall–Kier alpha value is -2.56. The molecule has 2 aromatic heterocycles. The summed E-state index contributed by atoms with van der Waals surface area (Å²) in [6.45, 7) is 3.62. The molecule has 2 heterocycles. The first kappa shape index (κ1) is 22.1. The Balaban J connectivity index is 1.89. The van der Waals surface area contributed by atoms with Crippen molar-refractivity contribution < 1.29 is 22.3 Å². The van der Waals surface area contributed by atoms with Crippen LogP contribution in [0.2, 0.25) is 5.02 Å². The molecule has 3 aromatic rings. The molecule has 0 aliphatic heterocycles. The lowest BCUT2D eigenvalue weighted by molar-refractivity contribution is 0.426. The minimum absolute atomic E-state index is 0.222. The van der Waals surface area contributed by atoms with Crippen molar-refractivity contribution in [1.82, 2.24) is 9.97 Å². The Bertz CT molecular complexity index is 1190. The van der Waals surface area contributed by atoms with Gasteiger partial charge in [0.25, 0.3) is 9.06 Å². The minimum atomic E-state index is -3.78. The van der Waals surface area contributed by atoms with Gasteiger partial charge in [0, 0.05) is 17.8 Å². The number of rotatable bonds is 7. The number of hydrogen-bond donors (Lipinski definition) is 1. The van der Waals surface area contributed by atoms with Gasteiger partial charge >= 0.3 is 0 Å². The molecular weight excluding hydrogens is 453 g/mol. The van der Waals surface area contributed by atoms with Crippen molar-refractivity contribution in [2.24, 2.45) is 0 Å². The third-order valence-corrected chi connectivity index (χ3v) is 6.69. The summed E-state index contributed by atoms with van der Waals surface area (Å²) in [6.07, 6.45) is 5.46. The molecule has 158 valence electrons. The van der Waals surface area contributed by atoms with Crippen LogP contribution in [0, 0.1) is 19.7 Å². The number of nitrogens with one attached hydrogen (secondary N) is 1. The predicted molar refractivity (Wildman–Crippen MR) is 116 cm³/mol. The summed E-state index contributed by atoms with van der Waals surface area (Å²) in [4.78, 5) is 7.78. The Labute approximate surface area is 182 Å². The molecular formula is C19H17ClFN3O4S2. The van der Waals surface area contributed by atoms with Gasteiger partial charge in [0.2, 0.25) is 5.82 Å². The summed E-state index contributed by atoms with van der Waals surface area (Å²) in [5.41, 5.74) is 1.53. The standard InChI is InChI=1S/C19H17ClFN3O4S2/c1-11-4-5-14(13(20)8-11)27-16-9-22-10-17(12(16)2)28-15-6-7-23-19(18(15)21)24-30(25,26)29-3/h4-10H,1-3H3,(H,23,24). The number of anilines is 1. The van der Waals surface area contributed by atoms with E-state index in [1.807, 2.05) is 17.7 Å². The summed E-state index contributed by atoms with van der Waals surface area (Å²) in [5.74, 6) is -0.614. The molecule has 0 amide bonds. The van der Waals surface area contributed by atoms with Crippen molar-refractivity contribution in [1.29, 1.82) is 0 Å². The first-order chi connectivity index (χ1) is 14.2. The third kappa shape index (κ3) is 5.13. The van der Waals surface area contributed by atoms with E-state index in [4.69, 9.17) is 21.1 Å². The van der Waals surface area contributed by atoms with Crippen molar-refractivity contribution in [3.63, 3.8) is 0 Å². The van der Waals surface area contributed by atoms with E-state index in [9.17, 15) is 12.8 Å². The van der Waals surface area contributed by atoms with E-state index < -0.39 is 20.7 Å². The molecule has 0 bridgehead atoms. The quantitative estimate of drug-likeness (QED) is 0.457. The van der Waals surface area contributed by atoms with E-state index in [0.29, 0.717) is 32.9 Å². The molecule has 0 aliphatic rings. The average Bonchev–Trinajstić information content (AvgIpc) is 2.69. The molecule has 0 saturated carbocycles. The summed E-state index contributed by atoms with van der Waals surface area (Å²) < 4.78 is 51.6. The first-order valence-corrected chi connectivity index (χ1v) is 12.1. The summed E-state index contributed by atoms with van der Waals surface area (Å²) in [6, 6.07) is 6.63. The zero-order valence-electron chi connectivity index (χ0n) is 16.1. The number of benzene rings is 1. The van der Waals surface area contributed by atoms with Gasteiger partial charge < -0.3 is 9.47 Å². The van der Waals surface area contributed by atoms with Crippen LogP contribution < -0.4 is 14.2 Å². The molecule has 0 radical (unpaired) electrons. The van der Waals surface area contributed by atoms with Gasteiger partial charge in [-0.1, -0.05) is 17.7 Å². The lowest BCUT2D eigenvalue weighted by Crippen LogP contribution is -2.10. The molecule has 0 saturated heterocycles. The van der Waals surface area contributed by atoms with Gasteiger partial charge in [0.1, 0.15) is 5.75 Å². The zero-order chi connectivity index (χ0) is 21.9. The van der Waals surface area contributed by atoms with Crippen LogP contribution in [0.3, 0.4) is 0 Å². The first-order valence-electron chi connectivity index (χ1n) is 8.49. The number of aromatic nitrogens is 2. The van der Waals surface area contributed by atoms with E-state index in [1.54, 1.807) is 19.1 Å². The molecule has 30 heavy (non-hydrogen) atoms. The SMILES string of the molecule is CSS(=O)(=O)Nc1nccc(Oc2cncc(Oc3ccc(C)cc3Cl)c2C)c1F. The third-order valence-electron chi connectivity index (χ3n) is 3.94. The Morgan fingerprint density at radius 1 is 1.07 bits per heavy atom. The summed E-state index contributed by atoms with van der Waals surface area (Å²) >= 11 is 6.21. The van der Waals surface area contributed by atoms with Crippen LogP contribution in [0.5, 0.6) is 23.0 Å². The molecule has 0 unspecified atom stereocenters. The van der Waals surface area contributed by atoms with Crippen LogP contribution in [-0.2, 0) is 9.06 Å². The molecule has 1 aromatic carbocycles. The van der Waals surface area contributed by atoms with Gasteiger partial charge in [-0.15, -0.1) is 0 Å². The van der Waals surface area contributed by atoms with Crippen LogP contribution in [0.25, 0.3) is 0 Å². The second-order valence-corrected chi connectivity index (χ2v) is 10.3. The molecule has 0 aliphatic carbocycles. The van der Waals surface area contributed by atoms with Crippen molar-refractivity contribution in [3.05, 3.63) is 64.8 Å². The Morgan fingerprint density at radius 2 is 1.73 bits per heavy atom. The smallest absolute Gasteiger partial charge is 0.287 e. The fourth-order valence-corrected chi connectivity index (χ4v) is 3.58. The van der Waals surface area contributed by atoms with E-state index in [0.717, 1.165) is 5.56 Å². The zero-order valence-corrected chi connectivity index (χ0v) is 18.5. The fraction of sp³-hybridized carbons (Fsp3) is 0.158. The maximum atomic E-state index is 14.7. The minimum Gasteiger partial charge on any atom is -0.454 e. The van der Waals surface area contributed by atoms with Gasteiger partial charge in [0.15, 0.2) is 23.1 Å². The highest BCUT2D eigenvalue weighted by Crippen LogP contribution is 2.36. The van der Waals surface area contributed by atoms with Gasteiger partial charge in [-0.2, -0.15) is 12.8 Å². The van der Waals surface area contributed by atoms with Crippen LogP contribution in [-0.4, -0.2) is 24.6 Å². The molecule has 11 heteroatoms. The number of nitrogens with zero attached hydrogens (tertiary/aromatic N) is 2. The van der Waals surface area contributed by atoms with Crippen LogP contribution in [0.1, 0.15) is 11.1 Å². The molecule has 7 nitrogen and oxygen atoms in total. The largest absolute Gasteiger partial charge is 0.454 e. The average molecular weight is 470 g/mol. The highest BCUT2D eigenvalue weighted by molar-refractivity contribution is 8.72. The van der Waals surface area contributed by atoms with E-state index >= 15 is 0 Å². The Kier molecular flexibility index (Phi) is 6.69. The molecule has 0 fully saturated rings. The highest BCUT2D eigenvalue weighted by Gasteiger charge is 2.18. The maximum Gasteiger partial charge on any atom is 0.287 e. The van der Waals surface area contributed by atoms with Gasteiger partial charge in [0.05, 0.1) is 17.4 Å². The highest BCUT2D eigenvalue weighted by atomic mass is 35.5. The number of halogens is 2. The number of hydrogen-bond acceptors (Lipinski definition) is 7. The van der Waals surface area contributed by atoms with Crippen molar-refractivity contribution >= 4 is 37.3 Å². The van der Waals surface area contributed by atoms with Crippen molar-refractivity contribution in [3.8, 4) is 23.0 Å². The van der Waals surface area contributed by atoms with E-state index in [1.165, 1.54) is 30.9 Å². The van der Waals surface area contributed by atoms with E-state index in [-0.39, 0.29) is 11.5 Å². The van der Waals surface area contributed by atoms with Crippen LogP contribution in [0.4, 0.5) is 10.2 Å². The second kappa shape index (κ2) is 9.07. The summed E-state index contributed by atoms with van der Waals surface area (Å²) in [7, 11) is -3.25. The number of pyridine rings is 2. The number of aryl methyl sites for hydroxylation is 1. The summed E-state index contributed by atoms with van der Waals surface area (Å²) in [5, 5.41) is 0.437. The van der Waals surface area contributed by atoms with Crippen molar-refractivity contribution in [2.75, 3.05) is 11.0 Å². The lowest BCUT2D eigenvalue weighted by Gasteiger charge is -2.14. The van der Waals surface area contributed by atoms with E-state index in [2.05, 4.69) is 9.97 Å². The maximum absolute atomic E-state index is 14.7. The topological polar surface area (TPSA) is 90.4 Å². The monoisotopic (exact) mass is 469 g/mol. The molecule has 0 atom stereocenters. The van der Waals surface area contributed by atoms with Gasteiger partial charge in [-0.3, -0.25) is 9.71 Å². The Morgan fingerprint density at radius 3 is 2.37 bits per heavy atom. The number of ether oxygens (including phenoxy) is 2. The second-order valence-electron chi connectivity index (χ2n) is 6.09. The molecule has 3 rings (SSSR count). The predicted octanol–water partition coefficient (Wildman–Crippen LogP) is 5.49. The van der Waals surface area contributed by atoms with Gasteiger partial charge in [-0.05, 0) is 48.6 Å².